The molecule has 22 heavy (non-hydrogen) atoms. The summed E-state index contributed by atoms with van der Waals surface area (Å²) in [4.78, 5) is 16.0. The van der Waals surface area contributed by atoms with Gasteiger partial charge >= 0.3 is 6.03 Å². The van der Waals surface area contributed by atoms with E-state index in [9.17, 15) is 4.79 Å². The summed E-state index contributed by atoms with van der Waals surface area (Å²) in [5.74, 6) is 0. The van der Waals surface area contributed by atoms with Crippen LogP contribution in [0, 0.1) is 0 Å². The first-order valence-corrected chi connectivity index (χ1v) is 8.86. The number of rotatable bonds is 2. The lowest BCUT2D eigenvalue weighted by Gasteiger charge is -2.29. The molecule has 1 fully saturated rings. The fraction of sp³-hybridized carbons (Fsp3) is 0.353. The number of halogens is 1. The van der Waals surface area contributed by atoms with Crippen LogP contribution >= 0.6 is 22.9 Å². The van der Waals surface area contributed by atoms with Crippen LogP contribution in [0.15, 0.2) is 41.8 Å². The first-order valence-electron chi connectivity index (χ1n) is 7.60. The molecular formula is C17H19ClN2OS. The molecule has 0 aliphatic carbocycles. The van der Waals surface area contributed by atoms with E-state index >= 15 is 0 Å². The smallest absolute Gasteiger partial charge is 0.317 e. The van der Waals surface area contributed by atoms with Crippen LogP contribution in [0.25, 0.3) is 0 Å². The lowest BCUT2D eigenvalue weighted by atomic mass is 10.1. The van der Waals surface area contributed by atoms with Gasteiger partial charge in [-0.2, -0.15) is 0 Å². The zero-order valence-corrected chi connectivity index (χ0v) is 13.9. The van der Waals surface area contributed by atoms with E-state index < -0.39 is 0 Å². The van der Waals surface area contributed by atoms with Crippen LogP contribution in [0.2, 0.25) is 5.02 Å². The third-order valence-corrected chi connectivity index (χ3v) is 5.17. The maximum absolute atomic E-state index is 12.7. The Hall–Kier alpha value is -1.52. The molecule has 1 aliphatic heterocycles. The van der Waals surface area contributed by atoms with E-state index in [4.69, 9.17) is 11.6 Å². The zero-order chi connectivity index (χ0) is 15.4. The number of nitrogens with zero attached hydrogens (tertiary/aromatic N) is 1. The van der Waals surface area contributed by atoms with Gasteiger partial charge in [-0.05, 0) is 42.5 Å². The monoisotopic (exact) mass is 334 g/mol. The van der Waals surface area contributed by atoms with E-state index in [-0.39, 0.29) is 12.1 Å². The second-order valence-electron chi connectivity index (χ2n) is 5.51. The average Bonchev–Trinajstić information content (AvgIpc) is 2.91. The van der Waals surface area contributed by atoms with Crippen LogP contribution in [0.5, 0.6) is 0 Å². The molecule has 0 radical (unpaired) electrons. The Labute approximate surface area is 139 Å². The predicted molar refractivity (Wildman–Crippen MR) is 92.7 cm³/mol. The maximum Gasteiger partial charge on any atom is 0.322 e. The van der Waals surface area contributed by atoms with Gasteiger partial charge in [0.15, 0.2) is 0 Å². The number of carbonyl (C=O) groups is 1. The highest BCUT2D eigenvalue weighted by Crippen LogP contribution is 2.33. The number of anilines is 1. The van der Waals surface area contributed by atoms with Gasteiger partial charge in [-0.3, -0.25) is 0 Å². The molecule has 0 bridgehead atoms. The van der Waals surface area contributed by atoms with Gasteiger partial charge in [-0.15, -0.1) is 11.3 Å². The topological polar surface area (TPSA) is 32.3 Å². The lowest BCUT2D eigenvalue weighted by molar-refractivity contribution is 0.190. The van der Waals surface area contributed by atoms with Gasteiger partial charge in [-0.1, -0.05) is 36.6 Å². The lowest BCUT2D eigenvalue weighted by Crippen LogP contribution is -2.37. The quantitative estimate of drug-likeness (QED) is 0.767. The molecule has 116 valence electrons. The van der Waals surface area contributed by atoms with Gasteiger partial charge in [-0.25, -0.2) is 4.79 Å². The number of hydrogen-bond acceptors (Lipinski definition) is 2. The molecule has 2 heterocycles. The van der Waals surface area contributed by atoms with Crippen molar-refractivity contribution in [1.82, 2.24) is 4.90 Å². The number of hydrogen-bond donors (Lipinski definition) is 1. The van der Waals surface area contributed by atoms with Crippen LogP contribution in [0.3, 0.4) is 0 Å². The summed E-state index contributed by atoms with van der Waals surface area (Å²) in [6, 6.07) is 11.6. The number of carbonyl (C=O) groups excluding carboxylic acids is 1. The summed E-state index contributed by atoms with van der Waals surface area (Å²) < 4.78 is 0. The molecule has 1 aromatic heterocycles. The number of thiophene rings is 1. The molecule has 1 aliphatic rings. The van der Waals surface area contributed by atoms with Crippen molar-refractivity contribution in [3.63, 3.8) is 0 Å². The molecule has 3 nitrogen and oxygen atoms in total. The molecule has 1 saturated heterocycles. The number of amides is 2. The maximum atomic E-state index is 12.7. The molecule has 2 amide bonds. The minimum absolute atomic E-state index is 0.0393. The summed E-state index contributed by atoms with van der Waals surface area (Å²) in [5.41, 5.74) is 0.742. The molecule has 3 rings (SSSR count). The molecular weight excluding hydrogens is 316 g/mol. The normalized spacial score (nSPS) is 18.8. The molecule has 0 unspecified atom stereocenters. The average molecular weight is 335 g/mol. The summed E-state index contributed by atoms with van der Waals surface area (Å²) in [7, 11) is 0. The molecule has 1 N–H and O–H groups in total. The van der Waals surface area contributed by atoms with Crippen LogP contribution in [-0.2, 0) is 0 Å². The summed E-state index contributed by atoms with van der Waals surface area (Å²) in [6.07, 6.45) is 4.45. The summed E-state index contributed by atoms with van der Waals surface area (Å²) >= 11 is 7.71. The van der Waals surface area contributed by atoms with Gasteiger partial charge in [0.25, 0.3) is 0 Å². The second-order valence-corrected chi connectivity index (χ2v) is 6.93. The Kier molecular flexibility index (Phi) is 5.01. The van der Waals surface area contributed by atoms with Crippen molar-refractivity contribution < 1.29 is 4.79 Å². The van der Waals surface area contributed by atoms with Gasteiger partial charge in [0.05, 0.1) is 6.04 Å². The Balaban J connectivity index is 1.78. The van der Waals surface area contributed by atoms with Crippen LogP contribution in [0.1, 0.15) is 36.6 Å². The van der Waals surface area contributed by atoms with E-state index in [1.54, 1.807) is 23.5 Å². The standard InChI is InChI=1S/C17H19ClN2OS/c18-13-6-4-7-14(12-13)19-17(21)20-10-3-1-2-8-15(20)16-9-5-11-22-16/h4-7,9,11-12,15H,1-3,8,10H2,(H,19,21)/t15-/m1/s1. The fourth-order valence-electron chi connectivity index (χ4n) is 2.89. The number of urea groups is 1. The first kappa shape index (κ1) is 15.4. The minimum Gasteiger partial charge on any atom is -0.317 e. The summed E-state index contributed by atoms with van der Waals surface area (Å²) in [5, 5.41) is 5.68. The van der Waals surface area contributed by atoms with Gasteiger partial charge < -0.3 is 10.2 Å². The fourth-order valence-corrected chi connectivity index (χ4v) is 3.95. The van der Waals surface area contributed by atoms with E-state index in [0.29, 0.717) is 5.02 Å². The van der Waals surface area contributed by atoms with E-state index in [1.807, 2.05) is 17.0 Å². The predicted octanol–water partition coefficient (Wildman–Crippen LogP) is 5.55. The third kappa shape index (κ3) is 3.62. The molecule has 5 heteroatoms. The number of benzene rings is 1. The molecule has 0 spiro atoms. The van der Waals surface area contributed by atoms with E-state index in [0.717, 1.165) is 25.1 Å². The molecule has 0 saturated carbocycles. The Bertz CT molecular complexity index is 629. The zero-order valence-electron chi connectivity index (χ0n) is 12.3. The Morgan fingerprint density at radius 2 is 2.14 bits per heavy atom. The van der Waals surface area contributed by atoms with Gasteiger partial charge in [0.2, 0.25) is 0 Å². The molecule has 2 aromatic rings. The van der Waals surface area contributed by atoms with Crippen molar-refractivity contribution in [2.24, 2.45) is 0 Å². The van der Waals surface area contributed by atoms with Crippen LogP contribution < -0.4 is 5.32 Å². The SMILES string of the molecule is O=C(Nc1cccc(Cl)c1)N1CCCCC[C@@H]1c1cccs1. The molecule has 1 atom stereocenters. The van der Waals surface area contributed by atoms with Crippen molar-refractivity contribution in [3.05, 3.63) is 51.7 Å². The van der Waals surface area contributed by atoms with Crippen molar-refractivity contribution in [1.29, 1.82) is 0 Å². The highest BCUT2D eigenvalue weighted by Gasteiger charge is 2.27. The van der Waals surface area contributed by atoms with Crippen LogP contribution in [0.4, 0.5) is 10.5 Å². The van der Waals surface area contributed by atoms with Crippen molar-refractivity contribution in [3.8, 4) is 0 Å². The second kappa shape index (κ2) is 7.16. The first-order chi connectivity index (χ1) is 10.7. The van der Waals surface area contributed by atoms with Crippen molar-refractivity contribution in [2.45, 2.75) is 31.7 Å². The number of likely N-dealkylation sites (tertiary alicyclic amines) is 1. The van der Waals surface area contributed by atoms with Crippen LogP contribution in [-0.4, -0.2) is 17.5 Å². The number of nitrogens with one attached hydrogen (secondary N) is 1. The van der Waals surface area contributed by atoms with Gasteiger partial charge in [0.1, 0.15) is 0 Å². The van der Waals surface area contributed by atoms with E-state index in [2.05, 4.69) is 22.8 Å². The van der Waals surface area contributed by atoms with Crippen molar-refractivity contribution in [2.75, 3.05) is 11.9 Å². The van der Waals surface area contributed by atoms with Gasteiger partial charge in [0, 0.05) is 22.1 Å². The Morgan fingerprint density at radius 3 is 2.91 bits per heavy atom. The third-order valence-electron chi connectivity index (χ3n) is 3.96. The molecule has 1 aromatic carbocycles. The van der Waals surface area contributed by atoms with Crippen molar-refractivity contribution >= 4 is 34.7 Å². The minimum atomic E-state index is -0.0393. The highest BCUT2D eigenvalue weighted by atomic mass is 35.5. The highest BCUT2D eigenvalue weighted by molar-refractivity contribution is 7.10. The summed E-state index contributed by atoms with van der Waals surface area (Å²) in [6.45, 7) is 0.801. The Morgan fingerprint density at radius 1 is 1.23 bits per heavy atom. The van der Waals surface area contributed by atoms with E-state index in [1.165, 1.54) is 17.7 Å². The largest absolute Gasteiger partial charge is 0.322 e.